The maximum absolute atomic E-state index is 14.3. The van der Waals surface area contributed by atoms with Crippen LogP contribution in [0.3, 0.4) is 0 Å². The molecule has 1 aromatic carbocycles. The van der Waals surface area contributed by atoms with Gasteiger partial charge in [0.1, 0.15) is 5.82 Å². The van der Waals surface area contributed by atoms with Crippen LogP contribution >= 0.6 is 0 Å². The van der Waals surface area contributed by atoms with E-state index in [4.69, 9.17) is 15.5 Å². The molecule has 1 spiro atoms. The van der Waals surface area contributed by atoms with Gasteiger partial charge in [-0.2, -0.15) is 9.61 Å². The Kier molecular flexibility index (Phi) is 6.31. The number of carbonyl (C=O) groups excluding carboxylic acids is 2. The summed E-state index contributed by atoms with van der Waals surface area (Å²) in [4.78, 5) is 37.7. The fourth-order valence-corrected chi connectivity index (χ4v) is 7.59. The van der Waals surface area contributed by atoms with Crippen LogP contribution in [0.4, 0.5) is 10.2 Å². The zero-order valence-corrected chi connectivity index (χ0v) is 24.6. The molecular formula is C32H33FN6O5. The quantitative estimate of drug-likeness (QED) is 0.259. The molecule has 3 fully saturated rings. The van der Waals surface area contributed by atoms with Crippen molar-refractivity contribution in [1.82, 2.24) is 24.5 Å². The summed E-state index contributed by atoms with van der Waals surface area (Å²) in [6, 6.07) is 8.22. The van der Waals surface area contributed by atoms with E-state index in [1.807, 2.05) is 11.0 Å². The van der Waals surface area contributed by atoms with E-state index in [0.717, 1.165) is 18.4 Å². The van der Waals surface area contributed by atoms with Crippen LogP contribution < -0.4 is 10.5 Å². The number of fused-ring (bicyclic) bond motifs is 1. The summed E-state index contributed by atoms with van der Waals surface area (Å²) < 4.78 is 20.8. The average molecular weight is 601 g/mol. The van der Waals surface area contributed by atoms with E-state index in [1.54, 1.807) is 37.5 Å². The lowest BCUT2D eigenvalue weighted by Gasteiger charge is -2.80. The van der Waals surface area contributed by atoms with E-state index in [2.05, 4.69) is 10.1 Å². The molecule has 4 heterocycles. The molecule has 4 N–H and O–H groups in total. The molecule has 44 heavy (non-hydrogen) atoms. The first-order chi connectivity index (χ1) is 21.1. The van der Waals surface area contributed by atoms with E-state index in [1.165, 1.54) is 24.6 Å². The van der Waals surface area contributed by atoms with E-state index >= 15 is 0 Å². The molecule has 0 bridgehead atoms. The third kappa shape index (κ3) is 3.64. The molecule has 4 atom stereocenters. The number of amides is 1. The molecule has 7 rings (SSSR count). The number of nitrogens with zero attached hydrogens (tertiary/aromatic N) is 5. The van der Waals surface area contributed by atoms with Crippen molar-refractivity contribution in [3.63, 3.8) is 0 Å². The van der Waals surface area contributed by atoms with Crippen molar-refractivity contribution in [2.75, 3.05) is 26.1 Å². The SMILES string of the molecule is COc1ccc(-c2ccc(-c3cnn4c(N)c(C(C)=O)c(C5CC6N(C(=O)C(C)(CO)CO)C7CCC576)nc34)cn2)cc1F. The molecule has 1 aliphatic heterocycles. The molecule has 4 unspecified atom stereocenters. The molecule has 3 aliphatic rings. The Balaban J connectivity index is 1.24. The summed E-state index contributed by atoms with van der Waals surface area (Å²) >= 11 is 0. The van der Waals surface area contributed by atoms with Gasteiger partial charge in [0, 0.05) is 46.3 Å². The third-order valence-corrected chi connectivity index (χ3v) is 10.2. The molecule has 4 aromatic rings. The first-order valence-corrected chi connectivity index (χ1v) is 14.6. The van der Waals surface area contributed by atoms with Crippen molar-refractivity contribution in [3.05, 3.63) is 59.8 Å². The molecule has 11 nitrogen and oxygen atoms in total. The number of likely N-dealkylation sites (tertiary alicyclic amines) is 1. The number of anilines is 1. The number of rotatable bonds is 8. The molecule has 0 radical (unpaired) electrons. The van der Waals surface area contributed by atoms with Crippen molar-refractivity contribution >= 4 is 23.2 Å². The van der Waals surface area contributed by atoms with Crippen LogP contribution in [-0.2, 0) is 4.79 Å². The predicted octanol–water partition coefficient (Wildman–Crippen LogP) is 3.23. The van der Waals surface area contributed by atoms with Gasteiger partial charge in [-0.1, -0.05) is 6.07 Å². The minimum Gasteiger partial charge on any atom is -0.494 e. The first kappa shape index (κ1) is 28.4. The molecule has 228 valence electrons. The Morgan fingerprint density at radius 1 is 1.16 bits per heavy atom. The van der Waals surface area contributed by atoms with Gasteiger partial charge in [-0.25, -0.2) is 9.37 Å². The number of nitrogens with two attached hydrogens (primary N) is 1. The lowest BCUT2D eigenvalue weighted by molar-refractivity contribution is -0.275. The summed E-state index contributed by atoms with van der Waals surface area (Å²) in [7, 11) is 1.41. The number of Topliss-reactive ketones (excluding diaryl/α,β-unsaturated/α-hetero) is 1. The number of aliphatic hydroxyl groups excluding tert-OH is 2. The van der Waals surface area contributed by atoms with Crippen LogP contribution in [0, 0.1) is 16.6 Å². The Bertz CT molecular complexity index is 1830. The Morgan fingerprint density at radius 2 is 1.91 bits per heavy atom. The maximum atomic E-state index is 14.3. The number of ketones is 1. The molecule has 1 saturated heterocycles. The fourth-order valence-electron chi connectivity index (χ4n) is 7.59. The fraction of sp³-hybridized carbons (Fsp3) is 0.406. The first-order valence-electron chi connectivity index (χ1n) is 14.6. The van der Waals surface area contributed by atoms with Gasteiger partial charge in [-0.05, 0) is 57.4 Å². The third-order valence-electron chi connectivity index (χ3n) is 10.2. The van der Waals surface area contributed by atoms with Crippen LogP contribution in [0.5, 0.6) is 5.75 Å². The lowest BCUT2D eigenvalue weighted by atomic mass is 9.37. The summed E-state index contributed by atoms with van der Waals surface area (Å²) in [6.45, 7) is 2.17. The normalized spacial score (nSPS) is 23.7. The minimum absolute atomic E-state index is 0.0425. The average Bonchev–Trinajstić information content (AvgIpc) is 3.43. The number of halogens is 1. The van der Waals surface area contributed by atoms with Crippen LogP contribution in [0.2, 0.25) is 0 Å². The van der Waals surface area contributed by atoms with E-state index in [0.29, 0.717) is 40.1 Å². The zero-order valence-electron chi connectivity index (χ0n) is 24.6. The molecule has 1 amide bonds. The molecule has 2 saturated carbocycles. The van der Waals surface area contributed by atoms with Gasteiger partial charge < -0.3 is 25.6 Å². The van der Waals surface area contributed by atoms with Crippen LogP contribution in [-0.4, -0.2) is 78.8 Å². The standard InChI is InChI=1S/C32H33FN6O5/c1-16(42)26-27(20-11-25-32(20)9-8-24(32)38(25)30(43)31(2,14-40)15-41)37-29-19(13-36-39(29)28(26)34)18-4-6-22(35-12-18)17-5-7-23(44-3)21(33)10-17/h4-7,10,12-13,20,24-25,40-41H,8-9,11,14-15,34H2,1-3H3. The number of methoxy groups -OCH3 is 1. The molecule has 12 heteroatoms. The van der Waals surface area contributed by atoms with Gasteiger partial charge in [0.2, 0.25) is 5.91 Å². The zero-order chi connectivity index (χ0) is 31.1. The largest absolute Gasteiger partial charge is 0.494 e. The number of ether oxygens (including phenoxy) is 1. The van der Waals surface area contributed by atoms with Crippen molar-refractivity contribution in [2.24, 2.45) is 10.8 Å². The van der Waals surface area contributed by atoms with Crippen molar-refractivity contribution in [1.29, 1.82) is 0 Å². The molecule has 2 aliphatic carbocycles. The van der Waals surface area contributed by atoms with Crippen LogP contribution in [0.15, 0.2) is 42.7 Å². The van der Waals surface area contributed by atoms with Gasteiger partial charge in [0.15, 0.2) is 23.0 Å². The van der Waals surface area contributed by atoms with Crippen molar-refractivity contribution in [2.45, 2.75) is 51.1 Å². The monoisotopic (exact) mass is 600 g/mol. The second-order valence-electron chi connectivity index (χ2n) is 12.4. The van der Waals surface area contributed by atoms with E-state index in [9.17, 15) is 24.2 Å². The summed E-state index contributed by atoms with van der Waals surface area (Å²) in [6.07, 6.45) is 5.61. The number of hydrogen-bond donors (Lipinski definition) is 3. The second-order valence-corrected chi connectivity index (χ2v) is 12.4. The smallest absolute Gasteiger partial charge is 0.233 e. The highest BCUT2D eigenvalue weighted by Crippen LogP contribution is 2.74. The second kappa shape index (κ2) is 9.80. The number of aliphatic hydroxyl groups is 2. The van der Waals surface area contributed by atoms with Crippen molar-refractivity contribution < 1.29 is 28.9 Å². The predicted molar refractivity (Wildman–Crippen MR) is 158 cm³/mol. The Hall–Kier alpha value is -4.42. The van der Waals surface area contributed by atoms with Crippen molar-refractivity contribution in [3.8, 4) is 28.1 Å². The minimum atomic E-state index is -1.24. The number of nitrogen functional groups attached to an aromatic ring is 1. The van der Waals surface area contributed by atoms with E-state index < -0.39 is 24.4 Å². The Labute approximate surface area is 252 Å². The van der Waals surface area contributed by atoms with Gasteiger partial charge >= 0.3 is 0 Å². The number of pyridine rings is 1. The number of hydrogen-bond acceptors (Lipinski definition) is 9. The summed E-state index contributed by atoms with van der Waals surface area (Å²) in [5, 5.41) is 24.1. The lowest BCUT2D eigenvalue weighted by Crippen LogP contribution is -2.86. The number of benzene rings is 1. The summed E-state index contributed by atoms with van der Waals surface area (Å²) in [5.74, 6) is -0.651. The van der Waals surface area contributed by atoms with Crippen LogP contribution in [0.1, 0.15) is 55.1 Å². The van der Waals surface area contributed by atoms with Gasteiger partial charge in [0.05, 0.1) is 48.9 Å². The number of aromatic nitrogens is 4. The maximum Gasteiger partial charge on any atom is 0.233 e. The van der Waals surface area contributed by atoms with Gasteiger partial charge in [-0.15, -0.1) is 0 Å². The van der Waals surface area contributed by atoms with E-state index in [-0.39, 0.29) is 46.7 Å². The van der Waals surface area contributed by atoms with Crippen LogP contribution in [0.25, 0.3) is 28.0 Å². The van der Waals surface area contributed by atoms with Gasteiger partial charge in [0.25, 0.3) is 0 Å². The highest BCUT2D eigenvalue weighted by molar-refractivity contribution is 6.00. The molecule has 3 aromatic heterocycles. The van der Waals surface area contributed by atoms with Gasteiger partial charge in [-0.3, -0.25) is 14.6 Å². The highest BCUT2D eigenvalue weighted by Gasteiger charge is 2.77. The number of piperidine rings is 2. The highest BCUT2D eigenvalue weighted by atomic mass is 19.1. The number of carbonyl (C=O) groups is 2. The summed E-state index contributed by atoms with van der Waals surface area (Å²) in [5.41, 5.74) is 9.17. The Morgan fingerprint density at radius 3 is 2.48 bits per heavy atom. The topological polar surface area (TPSA) is 156 Å². The molecular weight excluding hydrogens is 567 g/mol.